The van der Waals surface area contributed by atoms with Crippen molar-refractivity contribution >= 4 is 29.6 Å². The van der Waals surface area contributed by atoms with Crippen LogP contribution in [0.3, 0.4) is 0 Å². The van der Waals surface area contributed by atoms with E-state index in [1.807, 2.05) is 12.1 Å². The third-order valence-corrected chi connectivity index (χ3v) is 4.78. The lowest BCUT2D eigenvalue weighted by Gasteiger charge is -2.24. The molecule has 0 spiro atoms. The third kappa shape index (κ3) is 12.4. The van der Waals surface area contributed by atoms with Crippen molar-refractivity contribution in [2.45, 2.75) is 77.4 Å². The molecule has 8 nitrogen and oxygen atoms in total. The fourth-order valence-corrected chi connectivity index (χ4v) is 3.04. The molecule has 0 radical (unpaired) electrons. The van der Waals surface area contributed by atoms with Crippen LogP contribution in [0.1, 0.15) is 64.9 Å². The highest BCUT2D eigenvalue weighted by Gasteiger charge is 2.21. The second kappa shape index (κ2) is 13.8. The van der Waals surface area contributed by atoms with Gasteiger partial charge in [-0.2, -0.15) is 0 Å². The number of alkyl carbamates (subject to hydrolysis) is 1. The molecule has 0 saturated carbocycles. The van der Waals surface area contributed by atoms with Crippen LogP contribution in [-0.2, 0) is 25.5 Å². The van der Waals surface area contributed by atoms with Gasteiger partial charge >= 0.3 is 12.1 Å². The van der Waals surface area contributed by atoms with E-state index in [4.69, 9.17) is 26.8 Å². The van der Waals surface area contributed by atoms with Gasteiger partial charge in [0.15, 0.2) is 0 Å². The third-order valence-electron chi connectivity index (χ3n) is 4.47. The van der Waals surface area contributed by atoms with Crippen LogP contribution in [0.15, 0.2) is 18.2 Å². The number of rotatable bonds is 13. The van der Waals surface area contributed by atoms with Crippen molar-refractivity contribution in [3.8, 4) is 5.75 Å². The van der Waals surface area contributed by atoms with Crippen LogP contribution in [0.4, 0.5) is 4.79 Å². The van der Waals surface area contributed by atoms with Crippen LogP contribution in [0.5, 0.6) is 5.75 Å². The Bertz CT molecular complexity index is 763. The van der Waals surface area contributed by atoms with Gasteiger partial charge in [-0.3, -0.25) is 9.59 Å². The van der Waals surface area contributed by atoms with Crippen molar-refractivity contribution < 1.29 is 28.6 Å². The predicted octanol–water partition coefficient (Wildman–Crippen LogP) is 4.15. The van der Waals surface area contributed by atoms with E-state index in [1.54, 1.807) is 26.8 Å². The predicted molar refractivity (Wildman–Crippen MR) is 123 cm³/mol. The Kier molecular flexibility index (Phi) is 11.9. The fraction of sp³-hybridized carbons (Fsp3) is 0.609. The van der Waals surface area contributed by atoms with Crippen LogP contribution in [0, 0.1) is 0 Å². The zero-order valence-electron chi connectivity index (χ0n) is 19.4. The molecule has 0 aromatic heterocycles. The molecule has 0 fully saturated rings. The quantitative estimate of drug-likeness (QED) is 0.330. The molecular formula is C23H35ClN2O6. The lowest BCUT2D eigenvalue weighted by atomic mass is 10.1. The average Bonchev–Trinajstić information content (AvgIpc) is 2.69. The number of ether oxygens (including phenoxy) is 3. The molecule has 32 heavy (non-hydrogen) atoms. The van der Waals surface area contributed by atoms with Crippen LogP contribution < -0.4 is 15.8 Å². The average molecular weight is 471 g/mol. The molecule has 0 saturated heterocycles. The van der Waals surface area contributed by atoms with Gasteiger partial charge in [0, 0.05) is 12.8 Å². The summed E-state index contributed by atoms with van der Waals surface area (Å²) in [5, 5.41) is 3.17. The van der Waals surface area contributed by atoms with E-state index in [0.29, 0.717) is 23.6 Å². The van der Waals surface area contributed by atoms with Gasteiger partial charge in [0.25, 0.3) is 0 Å². The Morgan fingerprint density at radius 1 is 1.12 bits per heavy atom. The summed E-state index contributed by atoms with van der Waals surface area (Å²) in [5.74, 6) is -0.167. The number of hydrogen-bond donors (Lipinski definition) is 2. The number of nitrogens with two attached hydrogens (primary N) is 1. The number of amides is 2. The fourth-order valence-electron chi connectivity index (χ4n) is 2.87. The topological polar surface area (TPSA) is 117 Å². The van der Waals surface area contributed by atoms with Crippen molar-refractivity contribution in [1.82, 2.24) is 5.32 Å². The van der Waals surface area contributed by atoms with Gasteiger partial charge in [-0.1, -0.05) is 24.1 Å². The van der Waals surface area contributed by atoms with Crippen molar-refractivity contribution in [2.24, 2.45) is 5.73 Å². The number of primary amides is 1. The van der Waals surface area contributed by atoms with Crippen molar-refractivity contribution in [2.75, 3.05) is 13.7 Å². The van der Waals surface area contributed by atoms with Crippen LogP contribution in [0.25, 0.3) is 0 Å². The highest BCUT2D eigenvalue weighted by molar-refractivity contribution is 6.32. The number of hydrogen-bond acceptors (Lipinski definition) is 6. The highest BCUT2D eigenvalue weighted by atomic mass is 35.5. The lowest BCUT2D eigenvalue weighted by Crippen LogP contribution is -2.42. The van der Waals surface area contributed by atoms with Gasteiger partial charge in [-0.15, -0.1) is 0 Å². The first kappa shape index (κ1) is 27.6. The van der Waals surface area contributed by atoms with Gasteiger partial charge in [-0.05, 0) is 64.2 Å². The van der Waals surface area contributed by atoms with E-state index < -0.39 is 23.6 Å². The minimum Gasteiger partial charge on any atom is -0.490 e. The van der Waals surface area contributed by atoms with Crippen molar-refractivity contribution in [3.63, 3.8) is 0 Å². The molecule has 1 aromatic carbocycles. The minimum atomic E-state index is -0.645. The van der Waals surface area contributed by atoms with Crippen LogP contribution in [0.2, 0.25) is 5.02 Å². The smallest absolute Gasteiger partial charge is 0.407 e. The van der Waals surface area contributed by atoms with E-state index in [0.717, 1.165) is 31.2 Å². The molecule has 0 bridgehead atoms. The van der Waals surface area contributed by atoms with Crippen LogP contribution >= 0.6 is 11.6 Å². The molecule has 0 aliphatic heterocycles. The Morgan fingerprint density at radius 2 is 1.84 bits per heavy atom. The molecule has 0 unspecified atom stereocenters. The first-order valence-electron chi connectivity index (χ1n) is 10.8. The summed E-state index contributed by atoms with van der Waals surface area (Å²) >= 11 is 6.27. The molecule has 1 atom stereocenters. The largest absolute Gasteiger partial charge is 0.490 e. The summed E-state index contributed by atoms with van der Waals surface area (Å²) in [6, 6.07) is 5.08. The molecule has 0 heterocycles. The summed E-state index contributed by atoms with van der Waals surface area (Å²) in [6.45, 7) is 5.40. The number of esters is 1. The second-order valence-electron chi connectivity index (χ2n) is 8.56. The number of carbonyl (C=O) groups is 3. The number of methoxy groups -OCH3 is 1. The van der Waals surface area contributed by atoms with Crippen LogP contribution in [-0.4, -0.2) is 43.3 Å². The van der Waals surface area contributed by atoms with Gasteiger partial charge in [0.2, 0.25) is 5.91 Å². The Morgan fingerprint density at radius 3 is 2.47 bits per heavy atom. The second-order valence-corrected chi connectivity index (χ2v) is 8.97. The van der Waals surface area contributed by atoms with Gasteiger partial charge in [0.1, 0.15) is 18.0 Å². The van der Waals surface area contributed by atoms with E-state index in [-0.39, 0.29) is 19.0 Å². The zero-order chi connectivity index (χ0) is 24.1. The maximum atomic E-state index is 12.1. The zero-order valence-corrected chi connectivity index (χ0v) is 20.1. The summed E-state index contributed by atoms with van der Waals surface area (Å²) in [7, 11) is 1.39. The summed E-state index contributed by atoms with van der Waals surface area (Å²) in [5.41, 5.74) is 5.65. The summed E-state index contributed by atoms with van der Waals surface area (Å²) in [4.78, 5) is 34.5. The van der Waals surface area contributed by atoms with Gasteiger partial charge in [-0.25, -0.2) is 4.79 Å². The minimum absolute atomic E-state index is 0.100. The van der Waals surface area contributed by atoms with E-state index >= 15 is 0 Å². The number of nitrogens with one attached hydrogen (secondary N) is 1. The molecule has 2 amide bonds. The van der Waals surface area contributed by atoms with Crippen molar-refractivity contribution in [3.05, 3.63) is 28.8 Å². The monoisotopic (exact) mass is 470 g/mol. The molecule has 0 aliphatic carbocycles. The first-order valence-corrected chi connectivity index (χ1v) is 11.1. The SMILES string of the molecule is COC(=O)CCCCCc1ccc(Cl)c(OC[C@H](CCC(N)=O)NC(=O)OC(C)(C)C)c1. The maximum absolute atomic E-state index is 12.1. The van der Waals surface area contributed by atoms with Gasteiger partial charge in [0.05, 0.1) is 18.2 Å². The Hall–Kier alpha value is -2.48. The summed E-state index contributed by atoms with van der Waals surface area (Å²) in [6.07, 6.45) is 3.65. The van der Waals surface area contributed by atoms with E-state index in [2.05, 4.69) is 10.1 Å². The molecule has 1 rings (SSSR count). The number of aryl methyl sites for hydroxylation is 1. The standard InChI is InChI=1S/C23H35ClN2O6/c1-23(2,3)32-22(29)26-17(11-13-20(25)27)15-31-19-14-16(10-12-18(19)24)8-6-5-7-9-21(28)30-4/h10,12,14,17H,5-9,11,13,15H2,1-4H3,(H2,25,27)(H,26,29)/t17-/m0/s1. The maximum Gasteiger partial charge on any atom is 0.407 e. The Balaban J connectivity index is 2.65. The highest BCUT2D eigenvalue weighted by Crippen LogP contribution is 2.27. The number of carbonyl (C=O) groups excluding carboxylic acids is 3. The molecule has 180 valence electrons. The summed E-state index contributed by atoms with van der Waals surface area (Å²) < 4.78 is 15.8. The molecule has 0 aliphatic rings. The molecular weight excluding hydrogens is 436 g/mol. The van der Waals surface area contributed by atoms with E-state index in [1.165, 1.54) is 7.11 Å². The molecule has 1 aromatic rings. The first-order chi connectivity index (χ1) is 15.0. The van der Waals surface area contributed by atoms with Gasteiger partial charge < -0.3 is 25.3 Å². The Labute approximate surface area is 195 Å². The molecule has 3 N–H and O–H groups in total. The number of benzene rings is 1. The molecule has 9 heteroatoms. The normalized spacial score (nSPS) is 12.0. The van der Waals surface area contributed by atoms with E-state index in [9.17, 15) is 14.4 Å². The number of unbranched alkanes of at least 4 members (excludes halogenated alkanes) is 2. The number of halogens is 1. The lowest BCUT2D eigenvalue weighted by molar-refractivity contribution is -0.140. The van der Waals surface area contributed by atoms with Crippen molar-refractivity contribution in [1.29, 1.82) is 0 Å².